The van der Waals surface area contributed by atoms with Crippen LogP contribution in [0.1, 0.15) is 0 Å². The van der Waals surface area contributed by atoms with Gasteiger partial charge in [-0.3, -0.25) is 4.57 Å². The molecule has 0 saturated heterocycles. The van der Waals surface area contributed by atoms with E-state index in [1.54, 1.807) is 49.8 Å². The van der Waals surface area contributed by atoms with E-state index in [4.69, 9.17) is 9.40 Å². The van der Waals surface area contributed by atoms with Gasteiger partial charge in [0.1, 0.15) is 23.4 Å². The van der Waals surface area contributed by atoms with Crippen LogP contribution >= 0.6 is 0 Å². The standard InChI is InChI=1S/C21H16FN5O/c1-26(2)18-11-13(7-8-14(18)22)19-20-16(9-10-28-20)24-21(25-19)27-12-23-15-5-3-4-6-17(15)27/h3-12H,1-2H3. The number of fused-ring (bicyclic) bond motifs is 2. The number of hydrogen-bond donors (Lipinski definition) is 0. The summed E-state index contributed by atoms with van der Waals surface area (Å²) in [5.74, 6) is 0.188. The molecule has 0 amide bonds. The summed E-state index contributed by atoms with van der Waals surface area (Å²) in [4.78, 5) is 15.5. The Morgan fingerprint density at radius 1 is 1.00 bits per heavy atom. The van der Waals surface area contributed by atoms with Crippen molar-refractivity contribution < 1.29 is 8.81 Å². The molecule has 0 spiro atoms. The van der Waals surface area contributed by atoms with Crippen molar-refractivity contribution in [2.24, 2.45) is 0 Å². The van der Waals surface area contributed by atoms with E-state index in [1.165, 1.54) is 6.07 Å². The van der Waals surface area contributed by atoms with E-state index in [0.717, 1.165) is 16.6 Å². The first-order chi connectivity index (χ1) is 13.6. The first kappa shape index (κ1) is 16.4. The van der Waals surface area contributed by atoms with Crippen molar-refractivity contribution in [1.29, 1.82) is 0 Å². The van der Waals surface area contributed by atoms with Crippen LogP contribution in [0.5, 0.6) is 0 Å². The normalized spacial score (nSPS) is 11.4. The first-order valence-corrected chi connectivity index (χ1v) is 8.77. The van der Waals surface area contributed by atoms with E-state index in [0.29, 0.717) is 28.4 Å². The lowest BCUT2D eigenvalue weighted by molar-refractivity contribution is 0.614. The Labute approximate surface area is 159 Å². The number of aromatic nitrogens is 4. The van der Waals surface area contributed by atoms with Gasteiger partial charge in [-0.05, 0) is 30.3 Å². The zero-order valence-electron chi connectivity index (χ0n) is 15.3. The molecule has 3 heterocycles. The smallest absolute Gasteiger partial charge is 0.236 e. The fourth-order valence-corrected chi connectivity index (χ4v) is 3.28. The van der Waals surface area contributed by atoms with E-state index in [9.17, 15) is 4.39 Å². The fourth-order valence-electron chi connectivity index (χ4n) is 3.28. The number of hydrogen-bond acceptors (Lipinski definition) is 5. The van der Waals surface area contributed by atoms with Crippen molar-refractivity contribution in [3.63, 3.8) is 0 Å². The minimum absolute atomic E-state index is 0.292. The number of furan rings is 1. The molecule has 3 aromatic heterocycles. The van der Waals surface area contributed by atoms with Crippen LogP contribution in [0.15, 0.2) is 65.5 Å². The van der Waals surface area contributed by atoms with Crippen LogP contribution < -0.4 is 4.90 Å². The molecular formula is C21H16FN5O. The van der Waals surface area contributed by atoms with E-state index >= 15 is 0 Å². The highest BCUT2D eigenvalue weighted by molar-refractivity contribution is 5.89. The Morgan fingerprint density at radius 2 is 1.86 bits per heavy atom. The summed E-state index contributed by atoms with van der Waals surface area (Å²) in [6, 6.07) is 14.5. The Balaban J connectivity index is 1.76. The predicted octanol–water partition coefficient (Wildman–Crippen LogP) is 4.43. The SMILES string of the molecule is CN(C)c1cc(-c2nc(-n3cnc4ccccc43)nc3ccoc23)ccc1F. The van der Waals surface area contributed by atoms with Crippen LogP contribution in [0.2, 0.25) is 0 Å². The minimum atomic E-state index is -0.292. The van der Waals surface area contributed by atoms with Crippen LogP contribution in [0, 0.1) is 5.82 Å². The molecule has 5 rings (SSSR count). The van der Waals surface area contributed by atoms with Crippen molar-refractivity contribution in [2.45, 2.75) is 0 Å². The number of anilines is 1. The molecule has 0 radical (unpaired) electrons. The van der Waals surface area contributed by atoms with Crippen LogP contribution in [0.25, 0.3) is 39.3 Å². The molecule has 0 aliphatic carbocycles. The molecule has 2 aromatic carbocycles. The molecule has 0 unspecified atom stereocenters. The molecule has 7 heteroatoms. The molecule has 138 valence electrons. The van der Waals surface area contributed by atoms with Gasteiger partial charge in [0.2, 0.25) is 5.95 Å². The largest absolute Gasteiger partial charge is 0.460 e. The lowest BCUT2D eigenvalue weighted by atomic mass is 10.1. The van der Waals surface area contributed by atoms with Gasteiger partial charge in [-0.15, -0.1) is 0 Å². The highest BCUT2D eigenvalue weighted by Gasteiger charge is 2.17. The predicted molar refractivity (Wildman–Crippen MR) is 106 cm³/mol. The van der Waals surface area contributed by atoms with Crippen molar-refractivity contribution in [1.82, 2.24) is 19.5 Å². The van der Waals surface area contributed by atoms with Gasteiger partial charge in [0.15, 0.2) is 5.58 Å². The summed E-state index contributed by atoms with van der Waals surface area (Å²) in [6.45, 7) is 0. The van der Waals surface area contributed by atoms with Gasteiger partial charge in [-0.25, -0.2) is 19.3 Å². The van der Waals surface area contributed by atoms with E-state index in [1.807, 2.05) is 28.8 Å². The van der Waals surface area contributed by atoms with Gasteiger partial charge in [-0.1, -0.05) is 12.1 Å². The number of halogens is 1. The lowest BCUT2D eigenvalue weighted by Crippen LogP contribution is -2.10. The van der Waals surface area contributed by atoms with Crippen molar-refractivity contribution in [3.8, 4) is 17.2 Å². The van der Waals surface area contributed by atoms with Crippen LogP contribution in [0.3, 0.4) is 0 Å². The number of imidazole rings is 1. The molecule has 0 aliphatic rings. The van der Waals surface area contributed by atoms with Gasteiger partial charge >= 0.3 is 0 Å². The Kier molecular flexibility index (Phi) is 3.61. The molecule has 0 atom stereocenters. The van der Waals surface area contributed by atoms with E-state index < -0.39 is 0 Å². The molecule has 0 bridgehead atoms. The average molecular weight is 373 g/mol. The minimum Gasteiger partial charge on any atom is -0.460 e. The maximum absolute atomic E-state index is 14.2. The highest BCUT2D eigenvalue weighted by atomic mass is 19.1. The number of rotatable bonds is 3. The monoisotopic (exact) mass is 373 g/mol. The number of nitrogens with zero attached hydrogens (tertiary/aromatic N) is 5. The second-order valence-electron chi connectivity index (χ2n) is 6.67. The van der Waals surface area contributed by atoms with Gasteiger partial charge in [-0.2, -0.15) is 0 Å². The molecule has 0 fully saturated rings. The number of benzene rings is 2. The summed E-state index contributed by atoms with van der Waals surface area (Å²) >= 11 is 0. The Hall–Kier alpha value is -3.74. The van der Waals surface area contributed by atoms with Crippen LogP contribution in [-0.2, 0) is 0 Å². The molecule has 0 N–H and O–H groups in total. The number of para-hydroxylation sites is 2. The molecule has 6 nitrogen and oxygen atoms in total. The molecule has 0 saturated carbocycles. The summed E-state index contributed by atoms with van der Waals surface area (Å²) in [6.07, 6.45) is 3.28. The van der Waals surface area contributed by atoms with Gasteiger partial charge in [0.25, 0.3) is 0 Å². The van der Waals surface area contributed by atoms with Gasteiger partial charge in [0, 0.05) is 25.7 Å². The molecule has 28 heavy (non-hydrogen) atoms. The summed E-state index contributed by atoms with van der Waals surface area (Å²) in [7, 11) is 3.60. The second kappa shape index (κ2) is 6.16. The van der Waals surface area contributed by atoms with Gasteiger partial charge in [0.05, 0.1) is 23.0 Å². The summed E-state index contributed by atoms with van der Waals surface area (Å²) in [5, 5.41) is 0. The third-order valence-corrected chi connectivity index (χ3v) is 4.66. The first-order valence-electron chi connectivity index (χ1n) is 8.77. The zero-order valence-corrected chi connectivity index (χ0v) is 15.3. The second-order valence-corrected chi connectivity index (χ2v) is 6.67. The van der Waals surface area contributed by atoms with E-state index in [2.05, 4.69) is 9.97 Å². The molecule has 0 aliphatic heterocycles. The quantitative estimate of drug-likeness (QED) is 0.468. The lowest BCUT2D eigenvalue weighted by Gasteiger charge is -2.15. The van der Waals surface area contributed by atoms with Crippen LogP contribution in [-0.4, -0.2) is 33.6 Å². The molecule has 5 aromatic rings. The maximum Gasteiger partial charge on any atom is 0.236 e. The third kappa shape index (κ3) is 2.51. The fraction of sp³-hybridized carbons (Fsp3) is 0.0952. The summed E-state index contributed by atoms with van der Waals surface area (Å²) in [5.41, 5.74) is 4.83. The Bertz CT molecular complexity index is 1320. The van der Waals surface area contributed by atoms with Crippen molar-refractivity contribution in [2.75, 3.05) is 19.0 Å². The van der Waals surface area contributed by atoms with E-state index in [-0.39, 0.29) is 5.82 Å². The topological polar surface area (TPSA) is 60.0 Å². The average Bonchev–Trinajstić information content (AvgIpc) is 3.34. The maximum atomic E-state index is 14.2. The van der Waals surface area contributed by atoms with Crippen molar-refractivity contribution >= 4 is 27.8 Å². The third-order valence-electron chi connectivity index (χ3n) is 4.66. The van der Waals surface area contributed by atoms with Crippen molar-refractivity contribution in [3.05, 3.63) is 66.9 Å². The zero-order chi connectivity index (χ0) is 19.3. The highest BCUT2D eigenvalue weighted by Crippen LogP contribution is 2.31. The molecular weight excluding hydrogens is 357 g/mol. The summed E-state index contributed by atoms with van der Waals surface area (Å²) < 4.78 is 21.6. The Morgan fingerprint density at radius 3 is 2.71 bits per heavy atom. The van der Waals surface area contributed by atoms with Crippen LogP contribution in [0.4, 0.5) is 10.1 Å². The van der Waals surface area contributed by atoms with Gasteiger partial charge < -0.3 is 9.32 Å².